The number of sulfonamides is 1. The van der Waals surface area contributed by atoms with Crippen LogP contribution in [0, 0.1) is 6.92 Å². The zero-order chi connectivity index (χ0) is 15.9. The maximum absolute atomic E-state index is 12.7. The summed E-state index contributed by atoms with van der Waals surface area (Å²) in [6.45, 7) is 5.60. The van der Waals surface area contributed by atoms with E-state index in [2.05, 4.69) is 12.3 Å². The second kappa shape index (κ2) is 8.12. The first-order chi connectivity index (χ1) is 9.95. The van der Waals surface area contributed by atoms with Crippen molar-refractivity contribution >= 4 is 10.0 Å². The number of ether oxygens (including phenoxy) is 2. The van der Waals surface area contributed by atoms with Gasteiger partial charge in [0, 0.05) is 20.8 Å². The van der Waals surface area contributed by atoms with Crippen LogP contribution in [0.1, 0.15) is 5.56 Å². The van der Waals surface area contributed by atoms with E-state index in [4.69, 9.17) is 9.47 Å². The van der Waals surface area contributed by atoms with Gasteiger partial charge in [-0.15, -0.1) is 5.73 Å². The van der Waals surface area contributed by atoms with Gasteiger partial charge in [0.15, 0.2) is 6.29 Å². The average Bonchev–Trinajstić information content (AvgIpc) is 2.48. The molecule has 0 aliphatic carbocycles. The van der Waals surface area contributed by atoms with Crippen LogP contribution in [0.4, 0.5) is 0 Å². The molecule has 0 atom stereocenters. The van der Waals surface area contributed by atoms with Crippen molar-refractivity contribution in [2.45, 2.75) is 18.1 Å². The number of methoxy groups -OCH3 is 2. The molecule has 0 radical (unpaired) electrons. The molecule has 6 heteroatoms. The van der Waals surface area contributed by atoms with Crippen molar-refractivity contribution < 1.29 is 17.9 Å². The zero-order valence-corrected chi connectivity index (χ0v) is 13.4. The van der Waals surface area contributed by atoms with Crippen LogP contribution in [0.2, 0.25) is 0 Å². The highest BCUT2D eigenvalue weighted by Gasteiger charge is 2.26. The molecule has 1 rings (SSSR count). The van der Waals surface area contributed by atoms with E-state index in [1.807, 2.05) is 6.92 Å². The third-order valence-corrected chi connectivity index (χ3v) is 4.82. The molecule has 5 nitrogen and oxygen atoms in total. The number of rotatable bonds is 8. The highest BCUT2D eigenvalue weighted by molar-refractivity contribution is 7.89. The van der Waals surface area contributed by atoms with Crippen LogP contribution in [-0.2, 0) is 19.5 Å². The van der Waals surface area contributed by atoms with Gasteiger partial charge in [-0.1, -0.05) is 24.3 Å². The largest absolute Gasteiger partial charge is 0.354 e. The number of hydrogen-bond acceptors (Lipinski definition) is 4. The van der Waals surface area contributed by atoms with Crippen molar-refractivity contribution in [2.75, 3.05) is 27.3 Å². The maximum Gasteiger partial charge on any atom is 0.243 e. The fraction of sp³-hybridized carbons (Fsp3) is 0.400. The van der Waals surface area contributed by atoms with Crippen LogP contribution in [0.15, 0.2) is 47.5 Å². The second-order valence-electron chi connectivity index (χ2n) is 4.44. The van der Waals surface area contributed by atoms with Crippen LogP contribution < -0.4 is 0 Å². The topological polar surface area (TPSA) is 55.8 Å². The molecule has 0 fully saturated rings. The van der Waals surface area contributed by atoms with E-state index in [0.717, 1.165) is 5.56 Å². The Balaban J connectivity index is 3.10. The first-order valence-corrected chi connectivity index (χ1v) is 7.86. The molecule has 0 heterocycles. The molecule has 0 N–H and O–H groups in total. The molecular formula is C15H21NO4S. The van der Waals surface area contributed by atoms with Crippen molar-refractivity contribution in [3.8, 4) is 0 Å². The summed E-state index contributed by atoms with van der Waals surface area (Å²) in [5.74, 6) is 0. The number of aryl methyl sites for hydroxylation is 1. The quantitative estimate of drug-likeness (QED) is 0.544. The van der Waals surface area contributed by atoms with E-state index >= 15 is 0 Å². The molecule has 0 aromatic heterocycles. The smallest absolute Gasteiger partial charge is 0.243 e. The van der Waals surface area contributed by atoms with Crippen molar-refractivity contribution in [1.82, 2.24) is 4.31 Å². The lowest BCUT2D eigenvalue weighted by molar-refractivity contribution is -0.107. The third-order valence-electron chi connectivity index (χ3n) is 2.98. The van der Waals surface area contributed by atoms with Gasteiger partial charge in [0.05, 0.1) is 11.4 Å². The van der Waals surface area contributed by atoms with Crippen molar-refractivity contribution in [3.05, 3.63) is 48.2 Å². The van der Waals surface area contributed by atoms with E-state index < -0.39 is 16.3 Å². The molecule has 0 aliphatic rings. The summed E-state index contributed by atoms with van der Waals surface area (Å²) < 4.78 is 36.8. The first kappa shape index (κ1) is 17.6. The minimum atomic E-state index is -3.63. The summed E-state index contributed by atoms with van der Waals surface area (Å²) in [6, 6.07) is 6.70. The van der Waals surface area contributed by atoms with Gasteiger partial charge in [-0.3, -0.25) is 0 Å². The second-order valence-corrected chi connectivity index (χ2v) is 6.38. The van der Waals surface area contributed by atoms with Gasteiger partial charge in [0.2, 0.25) is 10.0 Å². The molecule has 0 saturated heterocycles. The van der Waals surface area contributed by atoms with Crippen molar-refractivity contribution in [2.24, 2.45) is 0 Å². The van der Waals surface area contributed by atoms with E-state index in [0.29, 0.717) is 0 Å². The SMILES string of the molecule is C=C=CCN(CC(OC)OC)S(=O)(=O)c1ccc(C)cc1. The van der Waals surface area contributed by atoms with Gasteiger partial charge in [0.25, 0.3) is 0 Å². The predicted molar refractivity (Wildman–Crippen MR) is 81.5 cm³/mol. The Morgan fingerprint density at radius 1 is 1.29 bits per heavy atom. The van der Waals surface area contributed by atoms with Crippen LogP contribution in [0.25, 0.3) is 0 Å². The summed E-state index contributed by atoms with van der Waals surface area (Å²) in [4.78, 5) is 0.233. The Hall–Kier alpha value is -1.43. The maximum atomic E-state index is 12.7. The van der Waals surface area contributed by atoms with E-state index in [-0.39, 0.29) is 18.0 Å². The number of benzene rings is 1. The predicted octanol–water partition coefficient (Wildman–Crippen LogP) is 1.95. The highest BCUT2D eigenvalue weighted by Crippen LogP contribution is 2.17. The summed E-state index contributed by atoms with van der Waals surface area (Å²) >= 11 is 0. The molecule has 21 heavy (non-hydrogen) atoms. The molecule has 0 saturated carbocycles. The molecule has 0 amide bonds. The Morgan fingerprint density at radius 3 is 2.33 bits per heavy atom. The van der Waals surface area contributed by atoms with Crippen molar-refractivity contribution in [3.63, 3.8) is 0 Å². The Bertz CT molecular complexity index is 585. The monoisotopic (exact) mass is 311 g/mol. The van der Waals surface area contributed by atoms with Gasteiger partial charge in [-0.05, 0) is 25.1 Å². The van der Waals surface area contributed by atoms with Crippen molar-refractivity contribution in [1.29, 1.82) is 0 Å². The molecule has 1 aromatic rings. The molecule has 1 aromatic carbocycles. The third kappa shape index (κ3) is 4.81. The summed E-state index contributed by atoms with van der Waals surface area (Å²) in [7, 11) is -0.698. The first-order valence-electron chi connectivity index (χ1n) is 6.42. The lowest BCUT2D eigenvalue weighted by Crippen LogP contribution is -2.39. The van der Waals surface area contributed by atoms with E-state index in [1.165, 1.54) is 18.5 Å². The van der Waals surface area contributed by atoms with Crippen LogP contribution >= 0.6 is 0 Å². The summed E-state index contributed by atoms with van der Waals surface area (Å²) in [5.41, 5.74) is 3.58. The fourth-order valence-corrected chi connectivity index (χ4v) is 3.07. The zero-order valence-electron chi connectivity index (χ0n) is 12.6. The lowest BCUT2D eigenvalue weighted by atomic mass is 10.2. The molecule has 0 spiro atoms. The molecule has 0 aliphatic heterocycles. The van der Waals surface area contributed by atoms with Gasteiger partial charge in [-0.2, -0.15) is 4.31 Å². The lowest BCUT2D eigenvalue weighted by Gasteiger charge is -2.24. The average molecular weight is 311 g/mol. The Kier molecular flexibility index (Phi) is 6.81. The van der Waals surface area contributed by atoms with E-state index in [9.17, 15) is 8.42 Å². The number of nitrogens with zero attached hydrogens (tertiary/aromatic N) is 1. The molecule has 0 unspecified atom stereocenters. The summed E-state index contributed by atoms with van der Waals surface area (Å²) in [6.07, 6.45) is 0.914. The van der Waals surface area contributed by atoms with Gasteiger partial charge < -0.3 is 9.47 Å². The fourth-order valence-electron chi connectivity index (χ4n) is 1.71. The Labute approximate surface area is 126 Å². The molecular weight excluding hydrogens is 290 g/mol. The molecule has 0 bridgehead atoms. The Morgan fingerprint density at radius 2 is 1.86 bits per heavy atom. The van der Waals surface area contributed by atoms with E-state index in [1.54, 1.807) is 30.3 Å². The molecule has 116 valence electrons. The van der Waals surface area contributed by atoms with Crippen LogP contribution in [0.5, 0.6) is 0 Å². The van der Waals surface area contributed by atoms with Gasteiger partial charge in [-0.25, -0.2) is 8.42 Å². The number of hydrogen-bond donors (Lipinski definition) is 0. The van der Waals surface area contributed by atoms with Gasteiger partial charge >= 0.3 is 0 Å². The standard InChI is InChI=1S/C15H21NO4S/c1-5-6-11-16(12-15(19-3)20-4)21(17,18)14-9-7-13(2)8-10-14/h6-10,15H,1,11-12H2,2-4H3. The normalized spacial score (nSPS) is 11.7. The minimum Gasteiger partial charge on any atom is -0.354 e. The van der Waals surface area contributed by atoms with Crippen LogP contribution in [-0.4, -0.2) is 46.3 Å². The summed E-state index contributed by atoms with van der Waals surface area (Å²) in [5, 5.41) is 0. The van der Waals surface area contributed by atoms with Gasteiger partial charge in [0.1, 0.15) is 0 Å². The van der Waals surface area contributed by atoms with Crippen LogP contribution in [0.3, 0.4) is 0 Å². The minimum absolute atomic E-state index is 0.0847. The highest BCUT2D eigenvalue weighted by atomic mass is 32.2.